The van der Waals surface area contributed by atoms with Gasteiger partial charge in [0.1, 0.15) is 0 Å². The third-order valence-corrected chi connectivity index (χ3v) is 5.04. The van der Waals surface area contributed by atoms with Crippen LogP contribution in [0.25, 0.3) is 0 Å². The maximum Gasteiger partial charge on any atom is 0.210 e. The summed E-state index contributed by atoms with van der Waals surface area (Å²) < 4.78 is 0.908. The molecule has 0 radical (unpaired) electrons. The molecule has 1 heterocycles. The van der Waals surface area contributed by atoms with Gasteiger partial charge in [0.25, 0.3) is 0 Å². The first-order valence-corrected chi connectivity index (χ1v) is 8.24. The molecule has 0 unspecified atom stereocenters. The number of thioether (sulfide) groups is 1. The van der Waals surface area contributed by atoms with Crippen molar-refractivity contribution in [3.8, 4) is 6.07 Å². The van der Waals surface area contributed by atoms with Gasteiger partial charge in [-0.05, 0) is 31.0 Å². The molecule has 0 bridgehead atoms. The molecular weight excluding hydrogens is 312 g/mol. The predicted molar refractivity (Wildman–Crippen MR) is 85.0 cm³/mol. The summed E-state index contributed by atoms with van der Waals surface area (Å²) in [5, 5.41) is 21.4. The van der Waals surface area contributed by atoms with Crippen LogP contribution in [0.4, 0.5) is 10.8 Å². The van der Waals surface area contributed by atoms with Gasteiger partial charge < -0.3 is 5.32 Å². The zero-order valence-electron chi connectivity index (χ0n) is 10.9. The van der Waals surface area contributed by atoms with E-state index in [-0.39, 0.29) is 0 Å². The summed E-state index contributed by atoms with van der Waals surface area (Å²) in [4.78, 5) is 0. The molecule has 0 saturated carbocycles. The molecule has 1 N–H and O–H groups in total. The monoisotopic (exact) mass is 324 g/mol. The summed E-state index contributed by atoms with van der Waals surface area (Å²) >= 11 is 9.21. The van der Waals surface area contributed by atoms with E-state index in [2.05, 4.69) is 21.6 Å². The maximum atomic E-state index is 8.47. The summed E-state index contributed by atoms with van der Waals surface area (Å²) in [7, 11) is 0. The van der Waals surface area contributed by atoms with Crippen LogP contribution in [0.5, 0.6) is 0 Å². The van der Waals surface area contributed by atoms with Crippen molar-refractivity contribution in [1.29, 1.82) is 5.26 Å². The van der Waals surface area contributed by atoms with Crippen LogP contribution in [0.3, 0.4) is 0 Å². The van der Waals surface area contributed by atoms with Crippen molar-refractivity contribution in [3.05, 3.63) is 28.8 Å². The van der Waals surface area contributed by atoms with Crippen LogP contribution >= 0.6 is 34.7 Å². The average Bonchev–Trinajstić information content (AvgIpc) is 2.88. The standard InChI is InChI=1S/C13H13ClN4S2/c1-9-10(14)5-4-6-11(9)16-12-17-18-13(20-12)19-8-3-2-7-15/h4-6H,2-3,8H2,1H3,(H,16,17). The molecule has 0 aliphatic carbocycles. The van der Waals surface area contributed by atoms with Gasteiger partial charge in [-0.25, -0.2) is 0 Å². The van der Waals surface area contributed by atoms with Gasteiger partial charge >= 0.3 is 0 Å². The van der Waals surface area contributed by atoms with Gasteiger partial charge in [-0.3, -0.25) is 0 Å². The SMILES string of the molecule is Cc1c(Cl)cccc1Nc1nnc(SCCCC#N)s1. The number of nitrogens with zero attached hydrogens (tertiary/aromatic N) is 3. The Balaban J connectivity index is 1.96. The van der Waals surface area contributed by atoms with Crippen LogP contribution < -0.4 is 5.32 Å². The Morgan fingerprint density at radius 3 is 3.10 bits per heavy atom. The van der Waals surface area contributed by atoms with Crippen molar-refractivity contribution in [2.75, 3.05) is 11.1 Å². The van der Waals surface area contributed by atoms with E-state index in [1.165, 1.54) is 11.3 Å². The van der Waals surface area contributed by atoms with Gasteiger partial charge in [0.2, 0.25) is 5.13 Å². The number of aromatic nitrogens is 2. The van der Waals surface area contributed by atoms with Crippen molar-refractivity contribution in [3.63, 3.8) is 0 Å². The largest absolute Gasteiger partial charge is 0.330 e. The first kappa shape index (κ1) is 15.1. The molecule has 0 spiro atoms. The third-order valence-electron chi connectivity index (χ3n) is 2.57. The molecule has 0 fully saturated rings. The van der Waals surface area contributed by atoms with Crippen molar-refractivity contribution < 1.29 is 0 Å². The zero-order chi connectivity index (χ0) is 14.4. The van der Waals surface area contributed by atoms with Crippen LogP contribution in [-0.4, -0.2) is 16.0 Å². The number of nitrogens with one attached hydrogen (secondary N) is 1. The quantitative estimate of drug-likeness (QED) is 0.619. The fraction of sp³-hybridized carbons (Fsp3) is 0.308. The van der Waals surface area contributed by atoms with E-state index in [0.717, 1.165) is 37.9 Å². The summed E-state index contributed by atoms with van der Waals surface area (Å²) in [5.74, 6) is 0.887. The summed E-state index contributed by atoms with van der Waals surface area (Å²) in [5.41, 5.74) is 1.93. The molecule has 20 heavy (non-hydrogen) atoms. The molecule has 2 rings (SSSR count). The molecule has 2 aromatic rings. The first-order valence-electron chi connectivity index (χ1n) is 6.06. The minimum absolute atomic E-state index is 0.582. The minimum Gasteiger partial charge on any atom is -0.330 e. The lowest BCUT2D eigenvalue weighted by atomic mass is 10.2. The van der Waals surface area contributed by atoms with Crippen molar-refractivity contribution >= 4 is 45.5 Å². The highest BCUT2D eigenvalue weighted by atomic mass is 35.5. The lowest BCUT2D eigenvalue weighted by Crippen LogP contribution is -1.92. The van der Waals surface area contributed by atoms with E-state index in [0.29, 0.717) is 6.42 Å². The minimum atomic E-state index is 0.582. The van der Waals surface area contributed by atoms with Crippen molar-refractivity contribution in [1.82, 2.24) is 10.2 Å². The van der Waals surface area contributed by atoms with Crippen LogP contribution in [0.1, 0.15) is 18.4 Å². The Morgan fingerprint density at radius 1 is 1.45 bits per heavy atom. The molecule has 1 aromatic heterocycles. The molecule has 0 aliphatic rings. The summed E-state index contributed by atoms with van der Waals surface area (Å²) in [6, 6.07) is 7.85. The normalized spacial score (nSPS) is 10.2. The Hall–Kier alpha value is -1.29. The van der Waals surface area contributed by atoms with Gasteiger partial charge in [-0.1, -0.05) is 40.8 Å². The van der Waals surface area contributed by atoms with E-state index in [1.54, 1.807) is 11.8 Å². The molecule has 0 atom stereocenters. The van der Waals surface area contributed by atoms with Crippen LogP contribution in [0, 0.1) is 18.3 Å². The number of nitriles is 1. The second-order valence-corrected chi connectivity index (χ2v) is 6.75. The van der Waals surface area contributed by atoms with E-state index < -0.39 is 0 Å². The molecule has 0 saturated heterocycles. The Morgan fingerprint density at radius 2 is 2.30 bits per heavy atom. The molecular formula is C13H13ClN4S2. The van der Waals surface area contributed by atoms with Crippen molar-refractivity contribution in [2.45, 2.75) is 24.1 Å². The number of rotatable bonds is 6. The molecule has 0 aliphatic heterocycles. The fourth-order valence-electron chi connectivity index (χ4n) is 1.49. The Bertz CT molecular complexity index is 621. The average molecular weight is 325 g/mol. The van der Waals surface area contributed by atoms with E-state index in [4.69, 9.17) is 16.9 Å². The topological polar surface area (TPSA) is 61.6 Å². The number of unbranched alkanes of at least 4 members (excludes halogenated alkanes) is 1. The van der Waals surface area contributed by atoms with Gasteiger partial charge in [-0.2, -0.15) is 5.26 Å². The molecule has 104 valence electrons. The first-order chi connectivity index (χ1) is 9.70. The maximum absolute atomic E-state index is 8.47. The second-order valence-electron chi connectivity index (χ2n) is 4.02. The lowest BCUT2D eigenvalue weighted by Gasteiger charge is -2.06. The fourth-order valence-corrected chi connectivity index (χ4v) is 3.44. The highest BCUT2D eigenvalue weighted by Gasteiger charge is 2.07. The second kappa shape index (κ2) is 7.48. The van der Waals surface area contributed by atoms with Crippen LogP contribution in [0.2, 0.25) is 5.02 Å². The number of hydrogen-bond acceptors (Lipinski definition) is 6. The molecule has 0 amide bonds. The van der Waals surface area contributed by atoms with Gasteiger partial charge in [0, 0.05) is 22.9 Å². The highest BCUT2D eigenvalue weighted by molar-refractivity contribution is 8.01. The Kier molecular flexibility index (Phi) is 5.65. The number of anilines is 2. The predicted octanol–water partition coefficient (Wildman–Crippen LogP) is 4.64. The van der Waals surface area contributed by atoms with E-state index in [1.807, 2.05) is 25.1 Å². The number of hydrogen-bond donors (Lipinski definition) is 1. The molecule has 1 aromatic carbocycles. The molecule has 4 nitrogen and oxygen atoms in total. The van der Waals surface area contributed by atoms with Crippen LogP contribution in [-0.2, 0) is 0 Å². The number of benzene rings is 1. The van der Waals surface area contributed by atoms with Crippen LogP contribution in [0.15, 0.2) is 22.5 Å². The lowest BCUT2D eigenvalue weighted by molar-refractivity contribution is 0.971. The van der Waals surface area contributed by atoms with Gasteiger partial charge in [-0.15, -0.1) is 10.2 Å². The van der Waals surface area contributed by atoms with E-state index >= 15 is 0 Å². The Labute approximate surface area is 131 Å². The summed E-state index contributed by atoms with van der Waals surface area (Å²) in [6.45, 7) is 1.96. The van der Waals surface area contributed by atoms with E-state index in [9.17, 15) is 0 Å². The van der Waals surface area contributed by atoms with Gasteiger partial charge in [0.15, 0.2) is 4.34 Å². The summed E-state index contributed by atoms with van der Waals surface area (Å²) in [6.07, 6.45) is 1.45. The molecule has 7 heteroatoms. The zero-order valence-corrected chi connectivity index (χ0v) is 13.3. The third kappa shape index (κ3) is 4.10. The van der Waals surface area contributed by atoms with Gasteiger partial charge in [0.05, 0.1) is 6.07 Å². The smallest absolute Gasteiger partial charge is 0.210 e. The van der Waals surface area contributed by atoms with Crippen molar-refractivity contribution in [2.24, 2.45) is 0 Å². The highest BCUT2D eigenvalue weighted by Crippen LogP contribution is 2.30. The number of halogens is 1.